The number of imidazole rings is 1. The number of hydrogen-bond acceptors (Lipinski definition) is 7. The molecule has 2 aliphatic rings. The predicted molar refractivity (Wildman–Crippen MR) is 135 cm³/mol. The van der Waals surface area contributed by atoms with Crippen LogP contribution in [-0.4, -0.2) is 67.6 Å². The minimum atomic E-state index is -0.949. The number of amides is 1. The van der Waals surface area contributed by atoms with Gasteiger partial charge in [-0.1, -0.05) is 0 Å². The van der Waals surface area contributed by atoms with Crippen molar-refractivity contribution in [1.82, 2.24) is 30.4 Å². The Labute approximate surface area is 209 Å². The lowest BCUT2D eigenvalue weighted by atomic mass is 9.96. The van der Waals surface area contributed by atoms with Crippen LogP contribution >= 0.6 is 0 Å². The molecule has 9 nitrogen and oxygen atoms in total. The molecule has 0 unspecified atom stereocenters. The van der Waals surface area contributed by atoms with E-state index in [1.807, 2.05) is 44.9 Å². The lowest BCUT2D eigenvalue weighted by Crippen LogP contribution is -2.55. The van der Waals surface area contributed by atoms with E-state index < -0.39 is 6.17 Å². The zero-order valence-electron chi connectivity index (χ0n) is 20.9. The number of rotatable bonds is 5. The summed E-state index contributed by atoms with van der Waals surface area (Å²) >= 11 is 0. The summed E-state index contributed by atoms with van der Waals surface area (Å²) in [5.41, 5.74) is 1.60. The molecule has 0 aliphatic carbocycles. The summed E-state index contributed by atoms with van der Waals surface area (Å²) in [6.07, 6.45) is 4.83. The van der Waals surface area contributed by atoms with E-state index in [4.69, 9.17) is 0 Å². The standard InChI is InChI=1S/C26H32FN7O2/c1-26(2,3)30-25(36)20-13-34(14-28-20)16-6-7-17(22(35)12-16)18-9-10-23(32-31-18)33(4)21-11-15-5-8-19(29-15)24(21)27/h6-7,9-10,12-15,19,21,24,29,35H,5,8,11H2,1-4H3,(H,30,36)/t15-,19+,21-,24+/m1/s1. The average molecular weight is 494 g/mol. The second kappa shape index (κ2) is 9.16. The van der Waals surface area contributed by atoms with Gasteiger partial charge in [0.2, 0.25) is 0 Å². The van der Waals surface area contributed by atoms with E-state index in [1.165, 1.54) is 6.33 Å². The molecule has 2 aromatic heterocycles. The number of piperidine rings is 1. The van der Waals surface area contributed by atoms with Gasteiger partial charge in [-0.05, 0) is 64.3 Å². The molecular weight excluding hydrogens is 461 g/mol. The first-order chi connectivity index (χ1) is 17.1. The molecule has 2 saturated heterocycles. The lowest BCUT2D eigenvalue weighted by molar-refractivity contribution is 0.0915. The maximum absolute atomic E-state index is 15.0. The Kier molecular flexibility index (Phi) is 6.15. The topological polar surface area (TPSA) is 108 Å². The molecule has 2 fully saturated rings. The van der Waals surface area contributed by atoms with Crippen molar-refractivity contribution in [2.45, 2.75) is 69.9 Å². The smallest absolute Gasteiger partial charge is 0.271 e. The largest absolute Gasteiger partial charge is 0.507 e. The molecule has 3 N–H and O–H groups in total. The first-order valence-electron chi connectivity index (χ1n) is 12.3. The number of carbonyl (C=O) groups is 1. The number of halogens is 1. The van der Waals surface area contributed by atoms with Crippen molar-refractivity contribution in [3.8, 4) is 22.7 Å². The van der Waals surface area contributed by atoms with Crippen molar-refractivity contribution >= 4 is 11.7 Å². The van der Waals surface area contributed by atoms with Crippen molar-refractivity contribution in [2.75, 3.05) is 11.9 Å². The third kappa shape index (κ3) is 4.77. The maximum atomic E-state index is 15.0. The second-order valence-corrected chi connectivity index (χ2v) is 10.8. The number of aromatic hydroxyl groups is 1. The number of fused-ring (bicyclic) bond motifs is 2. The van der Waals surface area contributed by atoms with Crippen LogP contribution in [0.3, 0.4) is 0 Å². The summed E-state index contributed by atoms with van der Waals surface area (Å²) in [6, 6.07) is 8.77. The highest BCUT2D eigenvalue weighted by Gasteiger charge is 2.43. The van der Waals surface area contributed by atoms with Gasteiger partial charge in [-0.15, -0.1) is 10.2 Å². The van der Waals surface area contributed by atoms with Gasteiger partial charge in [-0.3, -0.25) is 4.79 Å². The van der Waals surface area contributed by atoms with Gasteiger partial charge in [0.25, 0.3) is 5.91 Å². The van der Waals surface area contributed by atoms with Crippen LogP contribution in [0.1, 0.15) is 50.5 Å². The quantitative estimate of drug-likeness (QED) is 0.501. The molecule has 0 spiro atoms. The molecule has 5 rings (SSSR count). The summed E-state index contributed by atoms with van der Waals surface area (Å²) in [4.78, 5) is 18.4. The monoisotopic (exact) mass is 493 g/mol. The number of hydrogen-bond donors (Lipinski definition) is 3. The van der Waals surface area contributed by atoms with E-state index in [9.17, 15) is 14.3 Å². The fraction of sp³-hybridized carbons (Fsp3) is 0.462. The van der Waals surface area contributed by atoms with E-state index in [0.717, 1.165) is 19.3 Å². The molecular formula is C26H32FN7O2. The number of carbonyl (C=O) groups excluding carboxylic acids is 1. The molecule has 4 atom stereocenters. The highest BCUT2D eigenvalue weighted by atomic mass is 19.1. The molecule has 0 saturated carbocycles. The van der Waals surface area contributed by atoms with Gasteiger partial charge in [0, 0.05) is 42.5 Å². The van der Waals surface area contributed by atoms with Gasteiger partial charge in [0.1, 0.15) is 23.9 Å². The number of phenols is 1. The molecule has 10 heteroatoms. The third-order valence-electron chi connectivity index (χ3n) is 6.92. The normalized spacial score (nSPS) is 23.5. The van der Waals surface area contributed by atoms with Crippen molar-refractivity contribution in [3.63, 3.8) is 0 Å². The Morgan fingerprint density at radius 2 is 2.03 bits per heavy atom. The van der Waals surface area contributed by atoms with Crippen molar-refractivity contribution in [2.24, 2.45) is 0 Å². The molecule has 1 aromatic carbocycles. The van der Waals surface area contributed by atoms with Crippen LogP contribution in [0.15, 0.2) is 42.9 Å². The lowest BCUT2D eigenvalue weighted by Gasteiger charge is -2.38. The summed E-state index contributed by atoms with van der Waals surface area (Å²) in [6.45, 7) is 5.71. The van der Waals surface area contributed by atoms with Crippen molar-refractivity contribution < 1.29 is 14.3 Å². The molecule has 190 valence electrons. The molecule has 0 radical (unpaired) electrons. The Balaban J connectivity index is 1.31. The molecule has 4 heterocycles. The number of nitrogens with zero attached hydrogens (tertiary/aromatic N) is 5. The van der Waals surface area contributed by atoms with Crippen molar-refractivity contribution in [1.29, 1.82) is 0 Å². The van der Waals surface area contributed by atoms with Crippen LogP contribution in [0.25, 0.3) is 16.9 Å². The van der Waals surface area contributed by atoms with E-state index in [0.29, 0.717) is 28.8 Å². The first-order valence-corrected chi connectivity index (χ1v) is 12.3. The second-order valence-electron chi connectivity index (χ2n) is 10.8. The fourth-order valence-electron chi connectivity index (χ4n) is 5.06. The Morgan fingerprint density at radius 3 is 2.72 bits per heavy atom. The minimum Gasteiger partial charge on any atom is -0.507 e. The van der Waals surface area contributed by atoms with E-state index >= 15 is 0 Å². The number of benzene rings is 1. The Morgan fingerprint density at radius 1 is 1.22 bits per heavy atom. The summed E-state index contributed by atoms with van der Waals surface area (Å²) in [7, 11) is 1.86. The van der Waals surface area contributed by atoms with Crippen LogP contribution in [0.2, 0.25) is 0 Å². The Bertz CT molecular complexity index is 1250. The van der Waals surface area contributed by atoms with E-state index in [2.05, 4.69) is 25.8 Å². The van der Waals surface area contributed by atoms with Gasteiger partial charge in [0.15, 0.2) is 5.82 Å². The number of phenolic OH excluding ortho intramolecular Hbond substituents is 1. The Hall–Kier alpha value is -3.53. The van der Waals surface area contributed by atoms with Crippen LogP contribution < -0.4 is 15.5 Å². The highest BCUT2D eigenvalue weighted by molar-refractivity contribution is 5.92. The van der Waals surface area contributed by atoms with Crippen LogP contribution in [-0.2, 0) is 0 Å². The average Bonchev–Trinajstić information content (AvgIpc) is 3.48. The van der Waals surface area contributed by atoms with Gasteiger partial charge in [-0.2, -0.15) is 0 Å². The van der Waals surface area contributed by atoms with E-state index in [1.54, 1.807) is 29.0 Å². The minimum absolute atomic E-state index is 0.0241. The zero-order valence-corrected chi connectivity index (χ0v) is 20.9. The van der Waals surface area contributed by atoms with Crippen LogP contribution in [0.4, 0.5) is 10.2 Å². The highest BCUT2D eigenvalue weighted by Crippen LogP contribution is 2.34. The van der Waals surface area contributed by atoms with E-state index in [-0.39, 0.29) is 35.0 Å². The van der Waals surface area contributed by atoms with Crippen molar-refractivity contribution in [3.05, 3.63) is 48.5 Å². The summed E-state index contributed by atoms with van der Waals surface area (Å²) in [5.74, 6) is 0.359. The molecule has 2 bridgehead atoms. The van der Waals surface area contributed by atoms with Gasteiger partial charge in [-0.25, -0.2) is 9.37 Å². The molecule has 2 aliphatic heterocycles. The fourth-order valence-corrected chi connectivity index (χ4v) is 5.06. The number of nitrogens with one attached hydrogen (secondary N) is 2. The van der Waals surface area contributed by atoms with Gasteiger partial charge >= 0.3 is 0 Å². The predicted octanol–water partition coefficient (Wildman–Crippen LogP) is 3.23. The van der Waals surface area contributed by atoms with Gasteiger partial charge < -0.3 is 25.2 Å². The number of aromatic nitrogens is 4. The summed E-state index contributed by atoms with van der Waals surface area (Å²) in [5, 5.41) is 25.6. The SMILES string of the molecule is CN(c1ccc(-c2ccc(-n3cnc(C(=O)NC(C)(C)C)c3)cc2O)nn1)[C@@H]1C[C@H]2CC[C@H](N2)[C@@H]1F. The van der Waals surface area contributed by atoms with Crippen LogP contribution in [0, 0.1) is 0 Å². The molecule has 1 amide bonds. The summed E-state index contributed by atoms with van der Waals surface area (Å²) < 4.78 is 16.6. The number of alkyl halides is 1. The maximum Gasteiger partial charge on any atom is 0.271 e. The number of anilines is 1. The molecule has 3 aromatic rings. The first kappa shape index (κ1) is 24.2. The third-order valence-corrected chi connectivity index (χ3v) is 6.92. The molecule has 36 heavy (non-hydrogen) atoms. The zero-order chi connectivity index (χ0) is 25.6. The van der Waals surface area contributed by atoms with Crippen LogP contribution in [0.5, 0.6) is 5.75 Å². The van der Waals surface area contributed by atoms with Gasteiger partial charge in [0.05, 0.1) is 17.4 Å².